The summed E-state index contributed by atoms with van der Waals surface area (Å²) in [6, 6.07) is 19.7. The van der Waals surface area contributed by atoms with Gasteiger partial charge in [-0.25, -0.2) is 0 Å². The van der Waals surface area contributed by atoms with Gasteiger partial charge in [0.1, 0.15) is 6.04 Å². The van der Waals surface area contributed by atoms with E-state index in [1.165, 1.54) is 0 Å². The van der Waals surface area contributed by atoms with Crippen LogP contribution in [0.1, 0.15) is 22.7 Å². The van der Waals surface area contributed by atoms with Crippen molar-refractivity contribution >= 4 is 38.8 Å². The second kappa shape index (κ2) is 6.54. The average Bonchev–Trinajstić information content (AvgIpc) is 3.01. The first-order valence-electron chi connectivity index (χ1n) is 8.16. The van der Waals surface area contributed by atoms with Gasteiger partial charge < -0.3 is 0 Å². The number of carbonyl (C=O) groups excluding carboxylic acids is 2. The Balaban J connectivity index is 1.75. The van der Waals surface area contributed by atoms with Gasteiger partial charge in [-0.2, -0.15) is 0 Å². The Kier molecular flexibility index (Phi) is 4.24. The monoisotopic (exact) mass is 393 g/mol. The normalized spacial score (nSPS) is 16.8. The fourth-order valence-electron chi connectivity index (χ4n) is 3.68. The lowest BCUT2D eigenvalue weighted by atomic mass is 10.0. The van der Waals surface area contributed by atoms with Gasteiger partial charge in [-0.3, -0.25) is 14.5 Å². The van der Waals surface area contributed by atoms with Gasteiger partial charge in [0.05, 0.1) is 0 Å². The zero-order chi connectivity index (χ0) is 17.4. The van der Waals surface area contributed by atoms with Crippen LogP contribution in [0.4, 0.5) is 0 Å². The fraction of sp³-hybridized carbons (Fsp3) is 0.143. The zero-order valence-electron chi connectivity index (χ0n) is 13.5. The molecule has 3 aromatic rings. The van der Waals surface area contributed by atoms with E-state index in [1.807, 2.05) is 42.5 Å². The van der Waals surface area contributed by atoms with Crippen LogP contribution in [-0.2, 0) is 22.7 Å². The Hall–Kier alpha value is -2.30. The number of Topliss-reactive ketones (excluding diaryl/α,β-unsaturated/α-hetero) is 1. The van der Waals surface area contributed by atoms with Crippen molar-refractivity contribution in [3.8, 4) is 0 Å². The predicted molar refractivity (Wildman–Crippen MR) is 101 cm³/mol. The number of benzene rings is 3. The maximum atomic E-state index is 12.3. The van der Waals surface area contributed by atoms with E-state index in [1.54, 1.807) is 0 Å². The molecule has 0 saturated carbocycles. The second-order valence-electron chi connectivity index (χ2n) is 6.28. The molecule has 0 N–H and O–H groups in total. The molecule has 25 heavy (non-hydrogen) atoms. The van der Waals surface area contributed by atoms with Crippen molar-refractivity contribution in [3.63, 3.8) is 0 Å². The summed E-state index contributed by atoms with van der Waals surface area (Å²) in [5, 5.41) is 2.31. The van der Waals surface area contributed by atoms with Crippen molar-refractivity contribution in [2.24, 2.45) is 0 Å². The summed E-state index contributed by atoms with van der Waals surface area (Å²) in [7, 11) is 0. The SMILES string of the molecule is O=CC(=O)C1c2ccccc2CN1Cc1ccc(Br)c2ccccc12. The molecule has 4 rings (SSSR count). The molecule has 1 unspecified atom stereocenters. The third-order valence-electron chi connectivity index (χ3n) is 4.81. The Morgan fingerprint density at radius 3 is 2.56 bits per heavy atom. The van der Waals surface area contributed by atoms with Gasteiger partial charge in [-0.1, -0.05) is 70.5 Å². The summed E-state index contributed by atoms with van der Waals surface area (Å²) in [6.45, 7) is 1.29. The highest BCUT2D eigenvalue weighted by atomic mass is 79.9. The van der Waals surface area contributed by atoms with Crippen molar-refractivity contribution in [2.45, 2.75) is 19.1 Å². The van der Waals surface area contributed by atoms with Crippen LogP contribution in [0.2, 0.25) is 0 Å². The summed E-state index contributed by atoms with van der Waals surface area (Å²) >= 11 is 3.60. The first-order chi connectivity index (χ1) is 12.2. The number of aldehydes is 1. The molecule has 3 aromatic carbocycles. The zero-order valence-corrected chi connectivity index (χ0v) is 15.1. The maximum Gasteiger partial charge on any atom is 0.216 e. The van der Waals surface area contributed by atoms with E-state index < -0.39 is 6.04 Å². The first-order valence-corrected chi connectivity index (χ1v) is 8.95. The summed E-state index contributed by atoms with van der Waals surface area (Å²) < 4.78 is 1.05. The maximum absolute atomic E-state index is 12.3. The van der Waals surface area contributed by atoms with Crippen molar-refractivity contribution in [1.29, 1.82) is 0 Å². The number of rotatable bonds is 4. The van der Waals surface area contributed by atoms with Gasteiger partial charge >= 0.3 is 0 Å². The van der Waals surface area contributed by atoms with Crippen molar-refractivity contribution in [2.75, 3.05) is 0 Å². The van der Waals surface area contributed by atoms with Crippen molar-refractivity contribution in [3.05, 3.63) is 81.8 Å². The van der Waals surface area contributed by atoms with Gasteiger partial charge in [-0.15, -0.1) is 0 Å². The van der Waals surface area contributed by atoms with Gasteiger partial charge in [-0.05, 0) is 33.5 Å². The lowest BCUT2D eigenvalue weighted by Crippen LogP contribution is -2.28. The predicted octanol–water partition coefficient (Wildman–Crippen LogP) is 4.43. The van der Waals surface area contributed by atoms with Crippen LogP contribution in [0, 0.1) is 0 Å². The van der Waals surface area contributed by atoms with Crippen molar-refractivity contribution in [1.82, 2.24) is 4.90 Å². The molecule has 3 nitrogen and oxygen atoms in total. The van der Waals surface area contributed by atoms with E-state index >= 15 is 0 Å². The smallest absolute Gasteiger partial charge is 0.216 e. The second-order valence-corrected chi connectivity index (χ2v) is 7.13. The molecule has 0 saturated heterocycles. The molecule has 0 bridgehead atoms. The number of hydrogen-bond donors (Lipinski definition) is 0. The Labute approximate surface area is 154 Å². The van der Waals surface area contributed by atoms with Gasteiger partial charge in [0.2, 0.25) is 5.78 Å². The fourth-order valence-corrected chi connectivity index (χ4v) is 4.16. The number of halogens is 1. The number of fused-ring (bicyclic) bond motifs is 2. The van der Waals surface area contributed by atoms with E-state index in [0.717, 1.165) is 31.9 Å². The topological polar surface area (TPSA) is 37.4 Å². The van der Waals surface area contributed by atoms with Crippen molar-refractivity contribution < 1.29 is 9.59 Å². The minimum Gasteiger partial charge on any atom is -0.295 e. The highest BCUT2D eigenvalue weighted by Gasteiger charge is 2.35. The molecule has 0 spiro atoms. The van der Waals surface area contributed by atoms with Crippen LogP contribution in [0.3, 0.4) is 0 Å². The number of ketones is 1. The average molecular weight is 394 g/mol. The van der Waals surface area contributed by atoms with Crippen LogP contribution in [-0.4, -0.2) is 17.0 Å². The Morgan fingerprint density at radius 2 is 1.76 bits per heavy atom. The van der Waals surface area contributed by atoms with Crippen LogP contribution >= 0.6 is 15.9 Å². The van der Waals surface area contributed by atoms with E-state index in [2.05, 4.69) is 39.0 Å². The van der Waals surface area contributed by atoms with E-state index in [4.69, 9.17) is 0 Å². The van der Waals surface area contributed by atoms with E-state index in [-0.39, 0.29) is 5.78 Å². The lowest BCUT2D eigenvalue weighted by Gasteiger charge is -2.23. The molecule has 1 atom stereocenters. The number of nitrogens with zero attached hydrogens (tertiary/aromatic N) is 1. The third-order valence-corrected chi connectivity index (χ3v) is 5.50. The molecule has 124 valence electrons. The Bertz CT molecular complexity index is 983. The van der Waals surface area contributed by atoms with E-state index in [0.29, 0.717) is 19.4 Å². The molecule has 1 aliphatic heterocycles. The molecular formula is C21H16BrNO2. The standard InChI is InChI=1S/C21H16BrNO2/c22-19-10-9-15(16-6-3-4-8-18(16)19)12-23-11-14-5-1-2-7-17(14)21(23)20(25)13-24/h1-10,13,21H,11-12H2. The van der Waals surface area contributed by atoms with Gasteiger partial charge in [0.25, 0.3) is 0 Å². The van der Waals surface area contributed by atoms with E-state index in [9.17, 15) is 9.59 Å². The molecule has 0 aromatic heterocycles. The summed E-state index contributed by atoms with van der Waals surface area (Å²) in [5.74, 6) is -0.383. The van der Waals surface area contributed by atoms with Crippen LogP contribution in [0.15, 0.2) is 65.1 Å². The summed E-state index contributed by atoms with van der Waals surface area (Å²) in [5.41, 5.74) is 3.21. The third kappa shape index (κ3) is 2.81. The number of carbonyl (C=O) groups is 2. The lowest BCUT2D eigenvalue weighted by molar-refractivity contribution is -0.133. The minimum atomic E-state index is -0.490. The molecule has 0 fully saturated rings. The molecule has 1 aliphatic rings. The summed E-state index contributed by atoms with van der Waals surface area (Å²) in [4.78, 5) is 25.5. The van der Waals surface area contributed by atoms with Gasteiger partial charge in [0, 0.05) is 17.6 Å². The minimum absolute atomic E-state index is 0.383. The van der Waals surface area contributed by atoms with Crippen LogP contribution in [0.5, 0.6) is 0 Å². The van der Waals surface area contributed by atoms with Crippen LogP contribution in [0.25, 0.3) is 10.8 Å². The number of hydrogen-bond acceptors (Lipinski definition) is 3. The Morgan fingerprint density at radius 1 is 1.04 bits per heavy atom. The quantitative estimate of drug-likeness (QED) is 0.486. The first kappa shape index (κ1) is 16.2. The molecule has 4 heteroatoms. The molecular weight excluding hydrogens is 378 g/mol. The van der Waals surface area contributed by atoms with Crippen LogP contribution < -0.4 is 0 Å². The molecule has 1 heterocycles. The largest absolute Gasteiger partial charge is 0.295 e. The molecule has 0 amide bonds. The highest BCUT2D eigenvalue weighted by molar-refractivity contribution is 9.10. The molecule has 0 radical (unpaired) electrons. The highest BCUT2D eigenvalue weighted by Crippen LogP contribution is 2.36. The van der Waals surface area contributed by atoms with Gasteiger partial charge in [0.15, 0.2) is 6.29 Å². The molecule has 0 aliphatic carbocycles. The summed E-state index contributed by atoms with van der Waals surface area (Å²) in [6.07, 6.45) is 0.444.